The maximum Gasteiger partial charge on any atom is 0.260 e. The van der Waals surface area contributed by atoms with Crippen molar-refractivity contribution in [2.75, 3.05) is 6.54 Å². The van der Waals surface area contributed by atoms with Crippen LogP contribution in [0.1, 0.15) is 12.2 Å². The van der Waals surface area contributed by atoms with E-state index in [2.05, 4.69) is 9.97 Å². The quantitative estimate of drug-likeness (QED) is 0.798. The van der Waals surface area contributed by atoms with Crippen molar-refractivity contribution >= 4 is 22.0 Å². The zero-order chi connectivity index (χ0) is 13.0. The second-order valence-electron chi connectivity index (χ2n) is 3.56. The van der Waals surface area contributed by atoms with E-state index in [1.165, 1.54) is 24.5 Å². The monoisotopic (exact) mass is 265 g/mol. The van der Waals surface area contributed by atoms with Crippen molar-refractivity contribution in [3.63, 3.8) is 0 Å². The molecular weight excluding hydrogens is 254 g/mol. The molecule has 0 N–H and O–H groups in total. The molecule has 0 saturated heterocycles. The van der Waals surface area contributed by atoms with E-state index in [1.54, 1.807) is 12.1 Å². The normalized spacial score (nSPS) is 16.4. The number of amides is 1. The Morgan fingerprint density at radius 1 is 1.28 bits per heavy atom. The van der Waals surface area contributed by atoms with Crippen molar-refractivity contribution in [2.24, 2.45) is 0 Å². The molecule has 18 heavy (non-hydrogen) atoms. The van der Waals surface area contributed by atoms with Crippen LogP contribution < -0.4 is 0 Å². The second kappa shape index (κ2) is 5.09. The fraction of sp³-hybridized carbons (Fsp3) is 0.182. The Labute approximate surface area is 105 Å². The van der Waals surface area contributed by atoms with Crippen molar-refractivity contribution in [3.8, 4) is 0 Å². The van der Waals surface area contributed by atoms with Gasteiger partial charge in [0.2, 0.25) is 0 Å². The van der Waals surface area contributed by atoms with Gasteiger partial charge in [-0.1, -0.05) is 6.08 Å². The van der Waals surface area contributed by atoms with E-state index in [1.807, 2.05) is 0 Å². The lowest BCUT2D eigenvalue weighted by atomic mass is 10.3. The maximum absolute atomic E-state index is 11.9. The average Bonchev–Trinajstić information content (AvgIpc) is 2.38. The molecule has 0 radical (unpaired) electrons. The number of hydrogen-bond acceptors (Lipinski definition) is 5. The number of sulfonamides is 1. The first kappa shape index (κ1) is 12.4. The molecule has 0 atom stereocenters. The van der Waals surface area contributed by atoms with Gasteiger partial charge in [0.05, 0.1) is 5.41 Å². The van der Waals surface area contributed by atoms with Gasteiger partial charge in [0.1, 0.15) is 0 Å². The Balaban J connectivity index is 2.20. The van der Waals surface area contributed by atoms with Crippen LogP contribution in [0.4, 0.5) is 0 Å². The fourth-order valence-corrected chi connectivity index (χ4v) is 2.55. The number of aromatic nitrogens is 2. The highest BCUT2D eigenvalue weighted by Crippen LogP contribution is 2.11. The Morgan fingerprint density at radius 3 is 2.67 bits per heavy atom. The van der Waals surface area contributed by atoms with Crippen LogP contribution in [0.5, 0.6) is 0 Å². The van der Waals surface area contributed by atoms with Crippen LogP contribution in [0.3, 0.4) is 0 Å². The molecule has 0 unspecified atom stereocenters. The second-order valence-corrected chi connectivity index (χ2v) is 5.30. The molecule has 6 nitrogen and oxygen atoms in total. The molecule has 0 bridgehead atoms. The first-order valence-corrected chi connectivity index (χ1v) is 6.78. The standard InChI is InChI=1S/C11H11N3O3S/c15-11-4-1-2-8-14(11)18(16,17)9-5-10-12-6-3-7-13-10/h1,3-7,9H,2,8H2/b9-5+. The number of nitrogens with zero attached hydrogens (tertiary/aromatic N) is 3. The lowest BCUT2D eigenvalue weighted by molar-refractivity contribution is -0.121. The average molecular weight is 265 g/mol. The highest BCUT2D eigenvalue weighted by atomic mass is 32.2. The van der Waals surface area contributed by atoms with Crippen molar-refractivity contribution < 1.29 is 13.2 Å². The van der Waals surface area contributed by atoms with E-state index in [-0.39, 0.29) is 12.4 Å². The fourth-order valence-electron chi connectivity index (χ4n) is 1.44. The molecule has 0 spiro atoms. The number of carbonyl (C=O) groups is 1. The van der Waals surface area contributed by atoms with Gasteiger partial charge in [-0.05, 0) is 18.6 Å². The third-order valence-electron chi connectivity index (χ3n) is 2.29. The minimum Gasteiger partial charge on any atom is -0.269 e. The van der Waals surface area contributed by atoms with E-state index < -0.39 is 15.9 Å². The van der Waals surface area contributed by atoms with Gasteiger partial charge in [0.25, 0.3) is 15.9 Å². The predicted octanol–water partition coefficient (Wildman–Crippen LogP) is 0.566. The molecule has 2 rings (SSSR count). The molecular formula is C11H11N3O3S. The Kier molecular flexibility index (Phi) is 3.52. The third kappa shape index (κ3) is 2.80. The molecule has 0 saturated carbocycles. The summed E-state index contributed by atoms with van der Waals surface area (Å²) in [6.45, 7) is 0.164. The first-order valence-electron chi connectivity index (χ1n) is 5.28. The van der Waals surface area contributed by atoms with E-state index >= 15 is 0 Å². The summed E-state index contributed by atoms with van der Waals surface area (Å²) in [7, 11) is -3.76. The summed E-state index contributed by atoms with van der Waals surface area (Å²) in [5, 5.41) is 0.944. The lowest BCUT2D eigenvalue weighted by Crippen LogP contribution is -2.36. The molecule has 1 amide bonds. The van der Waals surface area contributed by atoms with Crippen LogP contribution in [0.15, 0.2) is 36.0 Å². The van der Waals surface area contributed by atoms with Crippen LogP contribution in [0, 0.1) is 0 Å². The SMILES string of the molecule is O=C1C=CCCN1S(=O)(=O)/C=C/c1ncccn1. The number of rotatable bonds is 3. The molecule has 1 aliphatic heterocycles. The summed E-state index contributed by atoms with van der Waals surface area (Å²) in [4.78, 5) is 19.2. The van der Waals surface area contributed by atoms with Crippen molar-refractivity contribution in [3.05, 3.63) is 41.8 Å². The molecule has 0 fully saturated rings. The van der Waals surface area contributed by atoms with E-state index in [9.17, 15) is 13.2 Å². The minimum atomic E-state index is -3.76. The molecule has 2 heterocycles. The summed E-state index contributed by atoms with van der Waals surface area (Å²) in [5.74, 6) is -0.249. The summed E-state index contributed by atoms with van der Waals surface area (Å²) < 4.78 is 24.6. The van der Waals surface area contributed by atoms with Gasteiger partial charge in [-0.25, -0.2) is 22.7 Å². The molecule has 0 aliphatic carbocycles. The van der Waals surface area contributed by atoms with Crippen LogP contribution in [0.2, 0.25) is 0 Å². The number of carbonyl (C=O) groups excluding carboxylic acids is 1. The highest BCUT2D eigenvalue weighted by Gasteiger charge is 2.24. The van der Waals surface area contributed by atoms with Gasteiger partial charge < -0.3 is 0 Å². The lowest BCUT2D eigenvalue weighted by Gasteiger charge is -2.20. The Morgan fingerprint density at radius 2 is 2.00 bits per heavy atom. The van der Waals surface area contributed by atoms with Gasteiger partial charge in [0, 0.05) is 25.0 Å². The van der Waals surface area contributed by atoms with Gasteiger partial charge in [-0.2, -0.15) is 0 Å². The highest BCUT2D eigenvalue weighted by molar-refractivity contribution is 7.92. The number of hydrogen-bond donors (Lipinski definition) is 0. The van der Waals surface area contributed by atoms with Crippen LogP contribution in [0.25, 0.3) is 6.08 Å². The molecule has 1 aliphatic rings. The van der Waals surface area contributed by atoms with Gasteiger partial charge in [-0.3, -0.25) is 4.79 Å². The molecule has 0 aromatic carbocycles. The van der Waals surface area contributed by atoms with E-state index in [0.29, 0.717) is 6.42 Å². The summed E-state index contributed by atoms with van der Waals surface area (Å²) in [5.41, 5.74) is 0. The smallest absolute Gasteiger partial charge is 0.260 e. The minimum absolute atomic E-state index is 0.164. The molecule has 1 aromatic heterocycles. The topological polar surface area (TPSA) is 80.2 Å². The van der Waals surface area contributed by atoms with Gasteiger partial charge in [0.15, 0.2) is 5.82 Å². The van der Waals surface area contributed by atoms with Gasteiger partial charge >= 0.3 is 0 Å². The molecule has 94 valence electrons. The van der Waals surface area contributed by atoms with Crippen LogP contribution in [-0.4, -0.2) is 35.1 Å². The van der Waals surface area contributed by atoms with Crippen molar-refractivity contribution in [2.45, 2.75) is 6.42 Å². The molecule has 1 aromatic rings. The summed E-state index contributed by atoms with van der Waals surface area (Å²) in [6.07, 6.45) is 7.72. The zero-order valence-electron chi connectivity index (χ0n) is 9.43. The van der Waals surface area contributed by atoms with Gasteiger partial charge in [-0.15, -0.1) is 0 Å². The third-order valence-corrected chi connectivity index (χ3v) is 3.74. The Bertz CT molecular complexity index is 593. The van der Waals surface area contributed by atoms with Crippen LogP contribution >= 0.6 is 0 Å². The van der Waals surface area contributed by atoms with E-state index in [4.69, 9.17) is 0 Å². The van der Waals surface area contributed by atoms with Crippen molar-refractivity contribution in [1.29, 1.82) is 0 Å². The predicted molar refractivity (Wildman–Crippen MR) is 65.5 cm³/mol. The van der Waals surface area contributed by atoms with Crippen molar-refractivity contribution in [1.82, 2.24) is 14.3 Å². The zero-order valence-corrected chi connectivity index (χ0v) is 10.2. The first-order chi connectivity index (χ1) is 8.59. The van der Waals surface area contributed by atoms with E-state index in [0.717, 1.165) is 9.71 Å². The largest absolute Gasteiger partial charge is 0.269 e. The summed E-state index contributed by atoms with van der Waals surface area (Å²) in [6, 6.07) is 1.63. The summed E-state index contributed by atoms with van der Waals surface area (Å²) >= 11 is 0. The maximum atomic E-state index is 11.9. The molecule has 7 heteroatoms. The Hall–Kier alpha value is -2.02. The van der Waals surface area contributed by atoms with Crippen LogP contribution in [-0.2, 0) is 14.8 Å².